The van der Waals surface area contributed by atoms with Gasteiger partial charge in [-0.15, -0.1) is 0 Å². The minimum Gasteiger partial charge on any atom is -0.311 e. The predicted molar refractivity (Wildman–Crippen MR) is 130 cm³/mol. The first-order valence-corrected chi connectivity index (χ1v) is 10.9. The van der Waals surface area contributed by atoms with Gasteiger partial charge in [-0.3, -0.25) is 4.79 Å². The van der Waals surface area contributed by atoms with Gasteiger partial charge in [-0.1, -0.05) is 77.9 Å². The van der Waals surface area contributed by atoms with Gasteiger partial charge in [-0.05, 0) is 55.5 Å². The molecular formula is C26H38N2O2. The molecule has 30 heavy (non-hydrogen) atoms. The van der Waals surface area contributed by atoms with E-state index in [0.717, 1.165) is 23.1 Å². The average molecular weight is 411 g/mol. The van der Waals surface area contributed by atoms with Crippen LogP contribution in [0.1, 0.15) is 69.5 Å². The molecule has 4 heteroatoms. The number of H-pyrrole nitrogens is 1. The van der Waals surface area contributed by atoms with E-state index < -0.39 is 5.69 Å². The molecule has 1 N–H and O–H groups in total. The summed E-state index contributed by atoms with van der Waals surface area (Å²) in [5.74, 6) is 0. The first kappa shape index (κ1) is 27.1. The lowest BCUT2D eigenvalue weighted by atomic mass is 9.97. The van der Waals surface area contributed by atoms with Crippen LogP contribution in [0.15, 0.2) is 58.1 Å². The van der Waals surface area contributed by atoms with Gasteiger partial charge >= 0.3 is 5.69 Å². The van der Waals surface area contributed by atoms with Crippen LogP contribution in [0.25, 0.3) is 5.69 Å². The Kier molecular flexibility index (Phi) is 12.8. The zero-order chi connectivity index (χ0) is 23.3. The van der Waals surface area contributed by atoms with E-state index in [0.29, 0.717) is 11.4 Å². The fourth-order valence-corrected chi connectivity index (χ4v) is 2.97. The van der Waals surface area contributed by atoms with Gasteiger partial charge < -0.3 is 4.98 Å². The number of benzene rings is 2. The molecule has 4 nitrogen and oxygen atoms in total. The van der Waals surface area contributed by atoms with Crippen molar-refractivity contribution >= 4 is 0 Å². The van der Waals surface area contributed by atoms with Crippen molar-refractivity contribution in [3.8, 4) is 5.69 Å². The van der Waals surface area contributed by atoms with Crippen molar-refractivity contribution in [3.63, 3.8) is 0 Å². The Morgan fingerprint density at radius 3 is 1.87 bits per heavy atom. The molecule has 0 aliphatic carbocycles. The molecule has 0 fully saturated rings. The zero-order valence-corrected chi connectivity index (χ0v) is 20.1. The van der Waals surface area contributed by atoms with Crippen LogP contribution in [0, 0.1) is 20.8 Å². The van der Waals surface area contributed by atoms with Gasteiger partial charge in [0.2, 0.25) is 0 Å². The summed E-state index contributed by atoms with van der Waals surface area (Å²) in [5.41, 5.74) is 4.84. The van der Waals surface area contributed by atoms with Gasteiger partial charge in [0.1, 0.15) is 0 Å². The van der Waals surface area contributed by atoms with Gasteiger partial charge in [0.25, 0.3) is 5.56 Å². The van der Waals surface area contributed by atoms with Crippen LogP contribution in [-0.2, 0) is 6.42 Å². The molecule has 3 aromatic rings. The van der Waals surface area contributed by atoms with E-state index in [9.17, 15) is 9.59 Å². The molecule has 0 radical (unpaired) electrons. The smallest absolute Gasteiger partial charge is 0.311 e. The maximum Gasteiger partial charge on any atom is 0.333 e. The highest BCUT2D eigenvalue weighted by Gasteiger charge is 2.11. The van der Waals surface area contributed by atoms with Crippen LogP contribution in [0.4, 0.5) is 0 Å². The second kappa shape index (κ2) is 14.2. The number of rotatable bonds is 3. The van der Waals surface area contributed by atoms with Crippen LogP contribution >= 0.6 is 0 Å². The highest BCUT2D eigenvalue weighted by Crippen LogP contribution is 2.20. The highest BCUT2D eigenvalue weighted by molar-refractivity contribution is 5.48. The third kappa shape index (κ3) is 7.18. The Balaban J connectivity index is 0.00000129. The Bertz CT molecular complexity index is 969. The van der Waals surface area contributed by atoms with E-state index in [1.54, 1.807) is 6.92 Å². The molecule has 0 bridgehead atoms. The molecule has 1 heterocycles. The standard InChI is InChI=1S/C20H20N2O2.3C2H6/c1-13-9-14(2)18(22-19(23)10-15(3)21-20(22)24)12-17(13)11-16-7-5-4-6-8-16;3*1-2/h4-10,12H,11H2,1-3H3,(H,21,24);3*1-2H3. The van der Waals surface area contributed by atoms with Crippen molar-refractivity contribution in [2.75, 3.05) is 0 Å². The molecule has 0 spiro atoms. The third-order valence-corrected chi connectivity index (χ3v) is 4.20. The summed E-state index contributed by atoms with van der Waals surface area (Å²) in [6, 6.07) is 15.6. The first-order valence-electron chi connectivity index (χ1n) is 10.9. The maximum absolute atomic E-state index is 12.3. The van der Waals surface area contributed by atoms with Gasteiger partial charge in [-0.25, -0.2) is 9.36 Å². The number of hydrogen-bond donors (Lipinski definition) is 1. The molecule has 1 aromatic heterocycles. The summed E-state index contributed by atoms with van der Waals surface area (Å²) < 4.78 is 1.20. The lowest BCUT2D eigenvalue weighted by Crippen LogP contribution is -2.34. The van der Waals surface area contributed by atoms with Crippen molar-refractivity contribution in [3.05, 3.63) is 97.3 Å². The molecule has 0 saturated heterocycles. The fourth-order valence-electron chi connectivity index (χ4n) is 2.97. The summed E-state index contributed by atoms with van der Waals surface area (Å²) in [4.78, 5) is 27.3. The van der Waals surface area contributed by atoms with E-state index >= 15 is 0 Å². The predicted octanol–water partition coefficient (Wildman–Crippen LogP) is 6.12. The number of hydrogen-bond acceptors (Lipinski definition) is 2. The Morgan fingerprint density at radius 2 is 1.33 bits per heavy atom. The van der Waals surface area contributed by atoms with Crippen LogP contribution in [0.3, 0.4) is 0 Å². The zero-order valence-electron chi connectivity index (χ0n) is 20.1. The molecule has 0 aliphatic rings. The average Bonchev–Trinajstić information content (AvgIpc) is 2.75. The topological polar surface area (TPSA) is 54.9 Å². The van der Waals surface area contributed by atoms with Crippen molar-refractivity contribution < 1.29 is 0 Å². The van der Waals surface area contributed by atoms with Gasteiger partial charge in [0.05, 0.1) is 5.69 Å². The minimum absolute atomic E-state index is 0.311. The monoisotopic (exact) mass is 410 g/mol. The van der Waals surface area contributed by atoms with Gasteiger partial charge in [0, 0.05) is 11.8 Å². The first-order chi connectivity index (χ1) is 14.5. The molecule has 3 rings (SSSR count). The lowest BCUT2D eigenvalue weighted by molar-refractivity contribution is 0.849. The number of nitrogens with zero attached hydrogens (tertiary/aromatic N) is 1. The summed E-state index contributed by atoms with van der Waals surface area (Å²) in [6.45, 7) is 17.7. The molecule has 0 aliphatic heterocycles. The summed E-state index contributed by atoms with van der Waals surface area (Å²) in [6.07, 6.45) is 0.762. The van der Waals surface area contributed by atoms with Gasteiger partial charge in [0.15, 0.2) is 0 Å². The van der Waals surface area contributed by atoms with E-state index in [-0.39, 0.29) is 5.56 Å². The number of nitrogens with one attached hydrogen (secondary N) is 1. The van der Waals surface area contributed by atoms with E-state index in [2.05, 4.69) is 24.0 Å². The van der Waals surface area contributed by atoms with E-state index in [4.69, 9.17) is 0 Å². The Morgan fingerprint density at radius 1 is 0.767 bits per heavy atom. The van der Waals surface area contributed by atoms with Crippen LogP contribution in [0.5, 0.6) is 0 Å². The lowest BCUT2D eigenvalue weighted by Gasteiger charge is -2.14. The second-order valence-corrected chi connectivity index (χ2v) is 6.16. The minimum atomic E-state index is -0.405. The van der Waals surface area contributed by atoms with Crippen LogP contribution in [0.2, 0.25) is 0 Å². The summed E-state index contributed by atoms with van der Waals surface area (Å²) in [5, 5.41) is 0. The molecule has 0 saturated carbocycles. The van der Waals surface area contributed by atoms with Gasteiger partial charge in [-0.2, -0.15) is 0 Å². The van der Waals surface area contributed by atoms with Crippen molar-refractivity contribution in [2.45, 2.75) is 68.7 Å². The third-order valence-electron chi connectivity index (χ3n) is 4.20. The van der Waals surface area contributed by atoms with Crippen molar-refractivity contribution in [1.29, 1.82) is 0 Å². The molecule has 2 aromatic carbocycles. The molecule has 164 valence electrons. The van der Waals surface area contributed by atoms with Crippen LogP contribution < -0.4 is 11.2 Å². The van der Waals surface area contributed by atoms with Crippen molar-refractivity contribution in [2.24, 2.45) is 0 Å². The largest absolute Gasteiger partial charge is 0.333 e. The Hall–Kier alpha value is -2.88. The van der Waals surface area contributed by atoms with E-state index in [1.165, 1.54) is 16.2 Å². The maximum atomic E-state index is 12.3. The highest BCUT2D eigenvalue weighted by atomic mass is 16.2. The molecule has 0 amide bonds. The van der Waals surface area contributed by atoms with E-state index in [1.807, 2.05) is 78.8 Å². The quantitative estimate of drug-likeness (QED) is 0.565. The van der Waals surface area contributed by atoms with Crippen molar-refractivity contribution in [1.82, 2.24) is 9.55 Å². The normalized spacial score (nSPS) is 9.23. The summed E-state index contributed by atoms with van der Waals surface area (Å²) >= 11 is 0. The molecular weight excluding hydrogens is 372 g/mol. The SMILES string of the molecule is CC.CC.CC.Cc1cc(=O)n(-c2cc(Cc3ccccc3)c(C)cc2C)c(=O)[nH]1. The fraction of sp³-hybridized carbons (Fsp3) is 0.385. The number of aryl methyl sites for hydroxylation is 3. The number of aromatic nitrogens is 2. The van der Waals surface area contributed by atoms with Crippen LogP contribution in [-0.4, -0.2) is 9.55 Å². The molecule has 0 atom stereocenters. The second-order valence-electron chi connectivity index (χ2n) is 6.16. The Labute approximate surface area is 181 Å². The number of aromatic amines is 1. The molecule has 0 unspecified atom stereocenters. The summed E-state index contributed by atoms with van der Waals surface area (Å²) in [7, 11) is 0.